The third-order valence-electron chi connectivity index (χ3n) is 6.38. The number of nitriles is 1. The number of aliphatic carboxylic acids is 1. The van der Waals surface area contributed by atoms with Crippen molar-refractivity contribution < 1.29 is 19.7 Å². The number of ether oxygens (including phenoxy) is 1. The molecule has 4 N–H and O–H groups in total. The van der Waals surface area contributed by atoms with Crippen molar-refractivity contribution in [2.45, 2.75) is 32.7 Å². The number of hydrogen-bond donors (Lipinski definition) is 4. The van der Waals surface area contributed by atoms with Gasteiger partial charge in [0, 0.05) is 52.8 Å². The summed E-state index contributed by atoms with van der Waals surface area (Å²) in [7, 11) is 0. The first-order valence-corrected chi connectivity index (χ1v) is 13.4. The van der Waals surface area contributed by atoms with Crippen molar-refractivity contribution in [1.82, 2.24) is 10.3 Å². The quantitative estimate of drug-likeness (QED) is 0.170. The molecule has 0 aliphatic carbocycles. The fraction of sp³-hybridized carbons (Fsp3) is 0.194. The van der Waals surface area contributed by atoms with Crippen molar-refractivity contribution in [2.24, 2.45) is 0 Å². The van der Waals surface area contributed by atoms with Crippen LogP contribution in [0.2, 0.25) is 0 Å². The molecule has 40 heavy (non-hydrogen) atoms. The second-order valence-electron chi connectivity index (χ2n) is 9.21. The molecule has 0 aliphatic rings. The Morgan fingerprint density at radius 2 is 1.88 bits per heavy atom. The van der Waals surface area contributed by atoms with Crippen LogP contribution in [0.15, 0.2) is 83.6 Å². The summed E-state index contributed by atoms with van der Waals surface area (Å²) in [5, 5.41) is 34.3. The number of anilines is 1. The molecule has 0 spiro atoms. The fourth-order valence-electron chi connectivity index (χ4n) is 4.21. The second kappa shape index (κ2) is 13.7. The highest BCUT2D eigenvalue weighted by Crippen LogP contribution is 2.33. The number of carboxylic acids is 1. The van der Waals surface area contributed by atoms with E-state index < -0.39 is 18.6 Å². The van der Waals surface area contributed by atoms with Crippen molar-refractivity contribution in [1.29, 1.82) is 5.26 Å². The molecule has 0 fully saturated rings. The summed E-state index contributed by atoms with van der Waals surface area (Å²) in [6, 6.07) is 22.8. The molecule has 1 heterocycles. The molecular formula is C31H29BrN4O4. The highest BCUT2D eigenvalue weighted by atomic mass is 79.9. The van der Waals surface area contributed by atoms with Gasteiger partial charge in [0.15, 0.2) is 0 Å². The third kappa shape index (κ3) is 7.24. The van der Waals surface area contributed by atoms with Crippen LogP contribution in [-0.4, -0.2) is 33.8 Å². The molecule has 8 nitrogen and oxygen atoms in total. The Morgan fingerprint density at radius 3 is 2.60 bits per heavy atom. The van der Waals surface area contributed by atoms with Gasteiger partial charge in [-0.15, -0.1) is 0 Å². The van der Waals surface area contributed by atoms with Gasteiger partial charge in [0.2, 0.25) is 0 Å². The SMILES string of the molecule is Cc1cc(CNC(CO)C(=O)O)c(OCc2cncc(C#N)c2)cc1NCc1cccc(-c2ccccc2)c1Br. The number of benzene rings is 3. The van der Waals surface area contributed by atoms with Gasteiger partial charge in [0.05, 0.1) is 12.2 Å². The summed E-state index contributed by atoms with van der Waals surface area (Å²) < 4.78 is 7.16. The summed E-state index contributed by atoms with van der Waals surface area (Å²) >= 11 is 3.78. The first-order chi connectivity index (χ1) is 19.4. The van der Waals surface area contributed by atoms with Gasteiger partial charge < -0.3 is 20.3 Å². The van der Waals surface area contributed by atoms with Crippen LogP contribution in [-0.2, 0) is 24.5 Å². The molecule has 0 bridgehead atoms. The van der Waals surface area contributed by atoms with Crippen LogP contribution in [0.1, 0.15) is 27.8 Å². The van der Waals surface area contributed by atoms with Crippen molar-refractivity contribution in [2.75, 3.05) is 11.9 Å². The summed E-state index contributed by atoms with van der Waals surface area (Å²) in [5.41, 5.74) is 7.02. The van der Waals surface area contributed by atoms with Crippen LogP contribution in [0.25, 0.3) is 11.1 Å². The van der Waals surface area contributed by atoms with Crippen molar-refractivity contribution in [3.63, 3.8) is 0 Å². The Bertz CT molecular complexity index is 1520. The van der Waals surface area contributed by atoms with Crippen molar-refractivity contribution >= 4 is 27.6 Å². The largest absolute Gasteiger partial charge is 0.488 e. The standard InChI is InChI=1S/C31H29BrN4O4/c1-20-10-25(17-36-28(18-37)31(38)39)29(40-19-22-11-21(13-33)14-34-15-22)12-27(20)35-16-24-8-5-9-26(30(24)32)23-6-3-2-4-7-23/h2-12,14-15,28,35-37H,16-19H2,1H3,(H,38,39). The number of aryl methyl sites for hydroxylation is 1. The Balaban J connectivity index is 1.58. The van der Waals surface area contributed by atoms with Crippen LogP contribution < -0.4 is 15.4 Å². The van der Waals surface area contributed by atoms with E-state index in [-0.39, 0.29) is 13.2 Å². The highest BCUT2D eigenvalue weighted by molar-refractivity contribution is 9.10. The lowest BCUT2D eigenvalue weighted by atomic mass is 10.0. The average Bonchev–Trinajstić information content (AvgIpc) is 2.97. The molecule has 1 unspecified atom stereocenters. The topological polar surface area (TPSA) is 128 Å². The number of carboxylic acid groups (broad SMARTS) is 1. The summed E-state index contributed by atoms with van der Waals surface area (Å²) in [6.45, 7) is 2.33. The lowest BCUT2D eigenvalue weighted by molar-refractivity contribution is -0.140. The van der Waals surface area contributed by atoms with Gasteiger partial charge in [-0.1, -0.05) is 48.5 Å². The number of nitrogens with zero attached hydrogens (tertiary/aromatic N) is 2. The highest BCUT2D eigenvalue weighted by Gasteiger charge is 2.17. The van der Waals surface area contributed by atoms with Gasteiger partial charge in [-0.25, -0.2) is 0 Å². The molecule has 3 aromatic carbocycles. The molecule has 4 rings (SSSR count). The number of pyridine rings is 1. The number of carbonyl (C=O) groups is 1. The van der Waals surface area contributed by atoms with Gasteiger partial charge in [-0.05, 0) is 57.2 Å². The zero-order chi connectivity index (χ0) is 28.5. The molecule has 0 saturated carbocycles. The molecule has 0 radical (unpaired) electrons. The summed E-state index contributed by atoms with van der Waals surface area (Å²) in [4.78, 5) is 15.5. The molecular weight excluding hydrogens is 572 g/mol. The van der Waals surface area contributed by atoms with Gasteiger partial charge >= 0.3 is 5.97 Å². The van der Waals surface area contributed by atoms with E-state index in [1.165, 1.54) is 6.20 Å². The molecule has 4 aromatic rings. The zero-order valence-corrected chi connectivity index (χ0v) is 23.5. The number of nitrogens with one attached hydrogen (secondary N) is 2. The summed E-state index contributed by atoms with van der Waals surface area (Å²) in [5.74, 6) is -0.593. The maximum absolute atomic E-state index is 11.4. The molecule has 9 heteroatoms. The molecule has 0 aliphatic heterocycles. The number of halogens is 1. The normalized spacial score (nSPS) is 11.4. The lowest BCUT2D eigenvalue weighted by Gasteiger charge is -2.19. The molecule has 204 valence electrons. The molecule has 1 aromatic heterocycles. The third-order valence-corrected chi connectivity index (χ3v) is 7.31. The van der Waals surface area contributed by atoms with E-state index in [4.69, 9.17) is 4.74 Å². The Labute approximate surface area is 241 Å². The van der Waals surface area contributed by atoms with Gasteiger partial charge in [0.25, 0.3) is 0 Å². The Kier molecular flexibility index (Phi) is 9.86. The number of aliphatic hydroxyl groups is 1. The van der Waals surface area contributed by atoms with Crippen LogP contribution in [0.4, 0.5) is 5.69 Å². The average molecular weight is 602 g/mol. The van der Waals surface area contributed by atoms with E-state index in [0.29, 0.717) is 17.9 Å². The van der Waals surface area contributed by atoms with Gasteiger partial charge in [0.1, 0.15) is 24.5 Å². The first-order valence-electron chi connectivity index (χ1n) is 12.6. The van der Waals surface area contributed by atoms with Crippen molar-refractivity contribution in [3.05, 3.63) is 111 Å². The van der Waals surface area contributed by atoms with Gasteiger partial charge in [-0.3, -0.25) is 15.1 Å². The maximum atomic E-state index is 11.4. The zero-order valence-electron chi connectivity index (χ0n) is 21.9. The van der Waals surface area contributed by atoms with Gasteiger partial charge in [-0.2, -0.15) is 5.26 Å². The molecule has 0 amide bonds. The monoisotopic (exact) mass is 600 g/mol. The summed E-state index contributed by atoms with van der Waals surface area (Å²) in [6.07, 6.45) is 3.12. The smallest absolute Gasteiger partial charge is 0.323 e. The lowest BCUT2D eigenvalue weighted by Crippen LogP contribution is -2.39. The van der Waals surface area contributed by atoms with Crippen LogP contribution >= 0.6 is 15.9 Å². The number of hydrogen-bond acceptors (Lipinski definition) is 7. The predicted molar refractivity (Wildman–Crippen MR) is 157 cm³/mol. The van der Waals surface area contributed by atoms with E-state index >= 15 is 0 Å². The minimum Gasteiger partial charge on any atom is -0.488 e. The van der Waals surface area contributed by atoms with E-state index in [0.717, 1.165) is 43.5 Å². The van der Waals surface area contributed by atoms with E-state index in [9.17, 15) is 20.3 Å². The number of aliphatic hydroxyl groups excluding tert-OH is 1. The second-order valence-corrected chi connectivity index (χ2v) is 10.0. The van der Waals surface area contributed by atoms with E-state index in [2.05, 4.69) is 61.9 Å². The van der Waals surface area contributed by atoms with Crippen LogP contribution in [0, 0.1) is 18.3 Å². The number of aromatic nitrogens is 1. The predicted octanol–water partition coefficient (Wildman–Crippen LogP) is 5.42. The molecule has 0 saturated heterocycles. The van der Waals surface area contributed by atoms with Crippen LogP contribution in [0.3, 0.4) is 0 Å². The minimum absolute atomic E-state index is 0.172. The van der Waals surface area contributed by atoms with Crippen molar-refractivity contribution in [3.8, 4) is 22.9 Å². The Hall–Kier alpha value is -4.23. The van der Waals surface area contributed by atoms with Crippen LogP contribution in [0.5, 0.6) is 5.75 Å². The maximum Gasteiger partial charge on any atom is 0.323 e. The fourth-order valence-corrected chi connectivity index (χ4v) is 4.84. The Morgan fingerprint density at radius 1 is 1.07 bits per heavy atom. The first kappa shape index (κ1) is 28.8. The number of rotatable bonds is 12. The minimum atomic E-state index is -1.14. The van der Waals surface area contributed by atoms with E-state index in [1.807, 2.05) is 43.3 Å². The van der Waals surface area contributed by atoms with E-state index in [1.54, 1.807) is 12.3 Å². The molecule has 1 atom stereocenters.